The number of fused-ring (bicyclic) bond motifs is 1. The molecule has 1 atom stereocenters. The molecule has 1 aromatic carbocycles. The van der Waals surface area contributed by atoms with Crippen molar-refractivity contribution in [1.29, 1.82) is 0 Å². The SMILES string of the molecule is Cc1c(C)n(C(C)c2ccc(Br)cc2)c2ncnc(N)c12. The third-order valence-electron chi connectivity index (χ3n) is 4.10. The molecule has 2 aromatic heterocycles. The number of nitrogens with zero attached hydrogens (tertiary/aromatic N) is 3. The molecule has 5 heteroatoms. The van der Waals surface area contributed by atoms with E-state index in [1.807, 2.05) is 0 Å². The fraction of sp³-hybridized carbons (Fsp3) is 0.250. The van der Waals surface area contributed by atoms with Crippen molar-refractivity contribution in [1.82, 2.24) is 14.5 Å². The molecule has 0 saturated carbocycles. The van der Waals surface area contributed by atoms with Crippen molar-refractivity contribution in [3.63, 3.8) is 0 Å². The van der Waals surface area contributed by atoms with Crippen LogP contribution in [0, 0.1) is 13.8 Å². The van der Waals surface area contributed by atoms with Crippen molar-refractivity contribution in [2.45, 2.75) is 26.8 Å². The lowest BCUT2D eigenvalue weighted by molar-refractivity contribution is 0.639. The second kappa shape index (κ2) is 5.15. The van der Waals surface area contributed by atoms with Gasteiger partial charge in [-0.1, -0.05) is 28.1 Å². The second-order valence-corrected chi connectivity index (χ2v) is 6.18. The topological polar surface area (TPSA) is 56.7 Å². The van der Waals surface area contributed by atoms with Gasteiger partial charge in [0.2, 0.25) is 0 Å². The summed E-state index contributed by atoms with van der Waals surface area (Å²) in [6.07, 6.45) is 1.53. The van der Waals surface area contributed by atoms with E-state index in [-0.39, 0.29) is 6.04 Å². The number of hydrogen-bond acceptors (Lipinski definition) is 3. The van der Waals surface area contributed by atoms with Crippen LogP contribution in [-0.2, 0) is 0 Å². The molecule has 0 aliphatic rings. The van der Waals surface area contributed by atoms with Crippen LogP contribution < -0.4 is 5.73 Å². The molecule has 1 unspecified atom stereocenters. The standard InChI is InChI=1S/C16H17BrN4/c1-9-10(2)21(16-14(9)15(18)19-8-20-16)11(3)12-4-6-13(17)7-5-12/h4-8,11H,1-3H3,(H2,18,19,20). The highest BCUT2D eigenvalue weighted by atomic mass is 79.9. The summed E-state index contributed by atoms with van der Waals surface area (Å²) in [5, 5.41) is 0.957. The van der Waals surface area contributed by atoms with Crippen LogP contribution in [0.4, 0.5) is 5.82 Å². The van der Waals surface area contributed by atoms with E-state index < -0.39 is 0 Å². The van der Waals surface area contributed by atoms with Crippen LogP contribution in [-0.4, -0.2) is 14.5 Å². The van der Waals surface area contributed by atoms with Gasteiger partial charge in [-0.05, 0) is 44.0 Å². The van der Waals surface area contributed by atoms with Gasteiger partial charge in [0.15, 0.2) is 0 Å². The van der Waals surface area contributed by atoms with Gasteiger partial charge in [0.1, 0.15) is 17.8 Å². The molecular weight excluding hydrogens is 328 g/mol. The first kappa shape index (κ1) is 14.1. The van der Waals surface area contributed by atoms with Crippen molar-refractivity contribution in [3.8, 4) is 0 Å². The maximum Gasteiger partial charge on any atom is 0.146 e. The molecule has 0 aliphatic heterocycles. The smallest absolute Gasteiger partial charge is 0.146 e. The van der Waals surface area contributed by atoms with Gasteiger partial charge in [-0.2, -0.15) is 0 Å². The van der Waals surface area contributed by atoms with E-state index in [0.717, 1.165) is 21.1 Å². The van der Waals surface area contributed by atoms with Crippen LogP contribution in [0.15, 0.2) is 35.1 Å². The zero-order valence-electron chi connectivity index (χ0n) is 12.3. The summed E-state index contributed by atoms with van der Waals surface area (Å²) in [5.41, 5.74) is 10.5. The average Bonchev–Trinajstić information content (AvgIpc) is 2.72. The van der Waals surface area contributed by atoms with Crippen LogP contribution in [0.25, 0.3) is 11.0 Å². The molecule has 21 heavy (non-hydrogen) atoms. The third kappa shape index (κ3) is 2.21. The van der Waals surface area contributed by atoms with Gasteiger partial charge < -0.3 is 10.3 Å². The normalized spacial score (nSPS) is 12.8. The molecule has 108 valence electrons. The van der Waals surface area contributed by atoms with E-state index in [1.165, 1.54) is 17.6 Å². The Bertz CT molecular complexity index is 805. The van der Waals surface area contributed by atoms with Crippen LogP contribution in [0.2, 0.25) is 0 Å². The molecular formula is C16H17BrN4. The number of hydrogen-bond donors (Lipinski definition) is 1. The second-order valence-electron chi connectivity index (χ2n) is 5.27. The summed E-state index contributed by atoms with van der Waals surface area (Å²) >= 11 is 3.47. The molecule has 0 saturated heterocycles. The minimum Gasteiger partial charge on any atom is -0.383 e. The number of aromatic nitrogens is 3. The maximum absolute atomic E-state index is 6.03. The van der Waals surface area contributed by atoms with Gasteiger partial charge in [0, 0.05) is 10.2 Å². The Morgan fingerprint density at radius 3 is 2.48 bits per heavy atom. The van der Waals surface area contributed by atoms with Crippen molar-refractivity contribution >= 4 is 32.8 Å². The van der Waals surface area contributed by atoms with Crippen LogP contribution in [0.1, 0.15) is 29.8 Å². The van der Waals surface area contributed by atoms with Crippen molar-refractivity contribution in [3.05, 3.63) is 51.9 Å². The summed E-state index contributed by atoms with van der Waals surface area (Å²) in [6, 6.07) is 8.55. The van der Waals surface area contributed by atoms with Crippen LogP contribution >= 0.6 is 15.9 Å². The molecule has 0 amide bonds. The molecule has 3 aromatic rings. The average molecular weight is 345 g/mol. The van der Waals surface area contributed by atoms with E-state index in [1.54, 1.807) is 0 Å². The predicted molar refractivity (Wildman–Crippen MR) is 89.4 cm³/mol. The Labute approximate surface area is 132 Å². The minimum atomic E-state index is 0.184. The van der Waals surface area contributed by atoms with Gasteiger partial charge in [0.05, 0.1) is 11.4 Å². The summed E-state index contributed by atoms with van der Waals surface area (Å²) in [7, 11) is 0. The lowest BCUT2D eigenvalue weighted by atomic mass is 10.1. The van der Waals surface area contributed by atoms with E-state index in [4.69, 9.17) is 5.73 Å². The maximum atomic E-state index is 6.03. The van der Waals surface area contributed by atoms with Crippen LogP contribution in [0.5, 0.6) is 0 Å². The lowest BCUT2D eigenvalue weighted by Gasteiger charge is -2.17. The highest BCUT2D eigenvalue weighted by Gasteiger charge is 2.19. The zero-order chi connectivity index (χ0) is 15.1. The summed E-state index contributed by atoms with van der Waals surface area (Å²) in [5.74, 6) is 0.544. The highest BCUT2D eigenvalue weighted by Crippen LogP contribution is 2.32. The Hall–Kier alpha value is -1.88. The van der Waals surface area contributed by atoms with Crippen molar-refractivity contribution in [2.24, 2.45) is 0 Å². The largest absolute Gasteiger partial charge is 0.383 e. The van der Waals surface area contributed by atoms with Gasteiger partial charge in [-0.3, -0.25) is 0 Å². The van der Waals surface area contributed by atoms with Gasteiger partial charge >= 0.3 is 0 Å². The van der Waals surface area contributed by atoms with Crippen molar-refractivity contribution < 1.29 is 0 Å². The predicted octanol–water partition coefficient (Wildman–Crippen LogP) is 4.00. The molecule has 2 heterocycles. The van der Waals surface area contributed by atoms with Gasteiger partial charge in [0.25, 0.3) is 0 Å². The fourth-order valence-corrected chi connectivity index (χ4v) is 3.08. The number of anilines is 1. The number of nitrogens with two attached hydrogens (primary N) is 1. The highest BCUT2D eigenvalue weighted by molar-refractivity contribution is 9.10. The molecule has 2 N–H and O–H groups in total. The summed E-state index contributed by atoms with van der Waals surface area (Å²) in [4.78, 5) is 8.56. The molecule has 0 radical (unpaired) electrons. The van der Waals surface area contributed by atoms with Crippen molar-refractivity contribution in [2.75, 3.05) is 5.73 Å². The zero-order valence-corrected chi connectivity index (χ0v) is 13.8. The molecule has 0 fully saturated rings. The summed E-state index contributed by atoms with van der Waals surface area (Å²) in [6.45, 7) is 6.35. The van der Waals surface area contributed by atoms with E-state index in [2.05, 4.69) is 75.5 Å². The number of nitrogen functional groups attached to an aromatic ring is 1. The quantitative estimate of drug-likeness (QED) is 0.764. The molecule has 3 rings (SSSR count). The first-order valence-corrected chi connectivity index (χ1v) is 7.63. The number of halogens is 1. The Balaban J connectivity index is 2.23. The molecule has 0 bridgehead atoms. The molecule has 0 spiro atoms. The minimum absolute atomic E-state index is 0.184. The number of rotatable bonds is 2. The van der Waals surface area contributed by atoms with E-state index >= 15 is 0 Å². The summed E-state index contributed by atoms with van der Waals surface area (Å²) < 4.78 is 3.31. The molecule has 0 aliphatic carbocycles. The first-order valence-electron chi connectivity index (χ1n) is 6.83. The van der Waals surface area contributed by atoms with Crippen LogP contribution in [0.3, 0.4) is 0 Å². The number of benzene rings is 1. The molecule has 4 nitrogen and oxygen atoms in total. The monoisotopic (exact) mass is 344 g/mol. The number of aryl methyl sites for hydroxylation is 1. The van der Waals surface area contributed by atoms with E-state index in [9.17, 15) is 0 Å². The first-order chi connectivity index (χ1) is 10.0. The van der Waals surface area contributed by atoms with Gasteiger partial charge in [-0.15, -0.1) is 0 Å². The van der Waals surface area contributed by atoms with Gasteiger partial charge in [-0.25, -0.2) is 9.97 Å². The Morgan fingerprint density at radius 2 is 1.81 bits per heavy atom. The third-order valence-corrected chi connectivity index (χ3v) is 4.63. The Morgan fingerprint density at radius 1 is 1.14 bits per heavy atom. The Kier molecular flexibility index (Phi) is 3.45. The van der Waals surface area contributed by atoms with E-state index in [0.29, 0.717) is 5.82 Å². The fourth-order valence-electron chi connectivity index (χ4n) is 2.82. The lowest BCUT2D eigenvalue weighted by Crippen LogP contribution is -2.09.